The van der Waals surface area contributed by atoms with E-state index >= 15 is 0 Å². The molecule has 2 fully saturated rings. The minimum atomic E-state index is -0.475. The second-order valence-corrected chi connectivity index (χ2v) is 12.0. The van der Waals surface area contributed by atoms with Crippen LogP contribution in [0.1, 0.15) is 111 Å². The number of ether oxygens (including phenoxy) is 1. The van der Waals surface area contributed by atoms with Gasteiger partial charge in [0.15, 0.2) is 0 Å². The molecule has 4 nitrogen and oxygen atoms in total. The number of carbonyl (C=O) groups is 2. The minimum Gasteiger partial charge on any atom is -0.466 e. The Morgan fingerprint density at radius 1 is 1.06 bits per heavy atom. The van der Waals surface area contributed by atoms with Gasteiger partial charge in [-0.3, -0.25) is 9.59 Å². The van der Waals surface area contributed by atoms with E-state index in [4.69, 9.17) is 4.74 Å². The quantitative estimate of drug-likeness (QED) is 0.359. The third-order valence-corrected chi connectivity index (χ3v) is 8.40. The van der Waals surface area contributed by atoms with Crippen LogP contribution in [0.3, 0.4) is 0 Å². The highest BCUT2D eigenvalue weighted by Gasteiger charge is 2.39. The second-order valence-electron chi connectivity index (χ2n) is 10.9. The number of rotatable bonds is 1. The number of fused-ring (bicyclic) bond motifs is 1. The predicted octanol–water partition coefficient (Wildman–Crippen LogP) is 8.53. The molecule has 35 heavy (non-hydrogen) atoms. The Morgan fingerprint density at radius 2 is 1.71 bits per heavy atom. The van der Waals surface area contributed by atoms with E-state index in [-0.39, 0.29) is 17.8 Å². The highest BCUT2D eigenvalue weighted by molar-refractivity contribution is 7.09. The molecule has 1 saturated heterocycles. The van der Waals surface area contributed by atoms with Crippen LogP contribution in [-0.2, 0) is 14.3 Å². The van der Waals surface area contributed by atoms with Crippen molar-refractivity contribution in [1.82, 2.24) is 4.98 Å². The molecule has 5 atom stereocenters. The van der Waals surface area contributed by atoms with Crippen molar-refractivity contribution >= 4 is 29.2 Å². The molecule has 0 unspecified atom stereocenters. The summed E-state index contributed by atoms with van der Waals surface area (Å²) >= 11 is 1.68. The molecule has 1 aliphatic heterocycles. The van der Waals surface area contributed by atoms with Gasteiger partial charge in [-0.15, -0.1) is 11.3 Å². The van der Waals surface area contributed by atoms with Gasteiger partial charge in [0.1, 0.15) is 5.78 Å². The first kappa shape index (κ1) is 31.5. The van der Waals surface area contributed by atoms with Crippen molar-refractivity contribution < 1.29 is 14.3 Å². The zero-order chi connectivity index (χ0) is 26.6. The molecule has 0 bridgehead atoms. The number of hydrogen-bond acceptors (Lipinski definition) is 5. The molecular weight excluding hydrogens is 454 g/mol. The van der Waals surface area contributed by atoms with Gasteiger partial charge in [-0.1, -0.05) is 73.8 Å². The van der Waals surface area contributed by atoms with Gasteiger partial charge < -0.3 is 4.74 Å². The van der Waals surface area contributed by atoms with Crippen molar-refractivity contribution in [3.63, 3.8) is 0 Å². The summed E-state index contributed by atoms with van der Waals surface area (Å²) in [6.45, 7) is 18.9. The molecule has 3 rings (SSSR count). The van der Waals surface area contributed by atoms with Crippen LogP contribution < -0.4 is 0 Å². The molecule has 0 spiro atoms. The third kappa shape index (κ3) is 11.0. The van der Waals surface area contributed by atoms with Gasteiger partial charge in [0.2, 0.25) is 0 Å². The Balaban J connectivity index is 0.000000464. The van der Waals surface area contributed by atoms with Crippen LogP contribution in [0, 0.1) is 41.9 Å². The maximum Gasteiger partial charge on any atom is 0.306 e. The topological polar surface area (TPSA) is 56.3 Å². The molecule has 1 aromatic heterocycles. The Bertz CT molecular complexity index is 797. The zero-order valence-corrected chi connectivity index (χ0v) is 24.7. The number of allylic oxidation sites excluding steroid dienone is 1. The van der Waals surface area contributed by atoms with Gasteiger partial charge in [-0.25, -0.2) is 4.98 Å². The number of nitrogens with zero attached hydrogens (tertiary/aromatic N) is 1. The summed E-state index contributed by atoms with van der Waals surface area (Å²) in [5.41, 5.74) is 0.594. The van der Waals surface area contributed by atoms with E-state index in [0.717, 1.165) is 35.4 Å². The number of aryl methyl sites for hydroxylation is 1. The highest BCUT2D eigenvalue weighted by atomic mass is 32.1. The molecule has 0 aromatic carbocycles. The average molecular weight is 506 g/mol. The lowest BCUT2D eigenvalue weighted by molar-refractivity contribution is -0.147. The first-order chi connectivity index (χ1) is 16.5. The van der Waals surface area contributed by atoms with Gasteiger partial charge in [0.25, 0.3) is 0 Å². The lowest BCUT2D eigenvalue weighted by Crippen LogP contribution is -2.37. The van der Waals surface area contributed by atoms with E-state index in [9.17, 15) is 9.59 Å². The van der Waals surface area contributed by atoms with Crippen molar-refractivity contribution in [3.05, 3.63) is 22.2 Å². The van der Waals surface area contributed by atoms with Crippen molar-refractivity contribution in [1.29, 1.82) is 0 Å². The molecule has 5 heteroatoms. The molecule has 2 aliphatic rings. The van der Waals surface area contributed by atoms with E-state index in [1.807, 2.05) is 60.6 Å². The fraction of sp³-hybridized carbons (Fsp3) is 0.767. The summed E-state index contributed by atoms with van der Waals surface area (Å²) in [6, 6.07) is 0. The number of aromatic nitrogens is 1. The van der Waals surface area contributed by atoms with Gasteiger partial charge in [0, 0.05) is 23.1 Å². The maximum absolute atomic E-state index is 12.9. The van der Waals surface area contributed by atoms with E-state index in [2.05, 4.69) is 24.2 Å². The smallest absolute Gasteiger partial charge is 0.306 e. The van der Waals surface area contributed by atoms with Crippen LogP contribution in [0.2, 0.25) is 0 Å². The van der Waals surface area contributed by atoms with Crippen molar-refractivity contribution in [3.8, 4) is 0 Å². The van der Waals surface area contributed by atoms with Crippen molar-refractivity contribution in [2.45, 2.75) is 107 Å². The zero-order valence-electron chi connectivity index (χ0n) is 23.9. The number of carbonyl (C=O) groups excluding carboxylic acids is 2. The summed E-state index contributed by atoms with van der Waals surface area (Å²) in [5, 5.41) is 3.18. The summed E-state index contributed by atoms with van der Waals surface area (Å²) in [7, 11) is 0. The van der Waals surface area contributed by atoms with Gasteiger partial charge >= 0.3 is 5.97 Å². The Kier molecular flexibility index (Phi) is 14.0. The Morgan fingerprint density at radius 3 is 2.31 bits per heavy atom. The number of Topliss-reactive ketones (excluding diaryl/α,β-unsaturated/α-hetero) is 1. The van der Waals surface area contributed by atoms with Crippen LogP contribution in [0.25, 0.3) is 6.08 Å². The monoisotopic (exact) mass is 505 g/mol. The first-order valence-corrected chi connectivity index (χ1v) is 14.7. The molecule has 0 N–H and O–H groups in total. The summed E-state index contributed by atoms with van der Waals surface area (Å²) < 4.78 is 5.43. The fourth-order valence-electron chi connectivity index (χ4n) is 4.97. The lowest BCUT2D eigenvalue weighted by Gasteiger charge is -2.33. The summed E-state index contributed by atoms with van der Waals surface area (Å²) in [4.78, 5) is 29.3. The highest BCUT2D eigenvalue weighted by Crippen LogP contribution is 2.45. The van der Waals surface area contributed by atoms with E-state index in [0.29, 0.717) is 24.7 Å². The summed E-state index contributed by atoms with van der Waals surface area (Å²) in [5.74, 6) is 2.45. The number of hydrogen-bond donors (Lipinski definition) is 0. The molecule has 2 heterocycles. The standard InChI is InChI=1S/C21H36O3.C7H9NS.C2H6/c1-14-7-6-8-17-13-18(17)9-10-24-19(22)12-16(3)21(4,5)20(23)15(2)11-14;1-3-4-7-5-9-6(2)8-7;1-2/h14-18H,6-13H2,1-5H3;3-5H,1-2H3;1-2H3/b;4-3-;/t14-,15+,16-,17+,18-;;/m0../s1. The minimum absolute atomic E-state index is 0.0110. The Labute approximate surface area is 219 Å². The SMILES string of the molecule is C/C=C\c1csc(C)n1.CC.C[C@H]1CCC[C@@H]2C[C@@H]2CCOC(=O)C[C@H](C)C(C)(C)C(=O)[C@H](C)C1. The number of esters is 1. The molecule has 0 radical (unpaired) electrons. The van der Waals surface area contributed by atoms with Crippen LogP contribution in [0.15, 0.2) is 11.5 Å². The van der Waals surface area contributed by atoms with Crippen LogP contribution in [-0.4, -0.2) is 23.3 Å². The molecule has 1 saturated carbocycles. The third-order valence-electron chi connectivity index (χ3n) is 7.61. The largest absolute Gasteiger partial charge is 0.466 e. The molecule has 0 amide bonds. The number of thiazole rings is 1. The van der Waals surface area contributed by atoms with E-state index in [1.54, 1.807) is 11.3 Å². The lowest BCUT2D eigenvalue weighted by atomic mass is 9.70. The molecule has 1 aromatic rings. The van der Waals surface area contributed by atoms with Gasteiger partial charge in [-0.2, -0.15) is 0 Å². The molecule has 200 valence electrons. The average Bonchev–Trinajstić information content (AvgIpc) is 3.42. The Hall–Kier alpha value is -1.49. The van der Waals surface area contributed by atoms with Gasteiger partial charge in [0.05, 0.1) is 17.3 Å². The molecular formula is C30H51NO3S. The predicted molar refractivity (Wildman–Crippen MR) is 149 cm³/mol. The van der Waals surface area contributed by atoms with Gasteiger partial charge in [-0.05, 0) is 62.9 Å². The van der Waals surface area contributed by atoms with Crippen LogP contribution >= 0.6 is 11.3 Å². The van der Waals surface area contributed by atoms with Crippen LogP contribution in [0.4, 0.5) is 0 Å². The van der Waals surface area contributed by atoms with E-state index in [1.165, 1.54) is 25.7 Å². The summed E-state index contributed by atoms with van der Waals surface area (Å²) in [6.07, 6.45) is 11.4. The first-order valence-electron chi connectivity index (χ1n) is 13.8. The normalized spacial score (nSPS) is 29.7. The maximum atomic E-state index is 12.9. The van der Waals surface area contributed by atoms with E-state index < -0.39 is 5.41 Å². The second kappa shape index (κ2) is 15.6. The van der Waals surface area contributed by atoms with Crippen molar-refractivity contribution in [2.24, 2.45) is 35.0 Å². The number of ketones is 1. The fourth-order valence-corrected chi connectivity index (χ4v) is 5.55. The molecule has 1 aliphatic carbocycles. The van der Waals surface area contributed by atoms with Crippen LogP contribution in [0.5, 0.6) is 0 Å². The van der Waals surface area contributed by atoms with Crippen molar-refractivity contribution in [2.75, 3.05) is 6.61 Å². The number of cyclic esters (lactones) is 1.